The summed E-state index contributed by atoms with van der Waals surface area (Å²) in [4.78, 5) is 34.3. The van der Waals surface area contributed by atoms with E-state index in [1.165, 1.54) is 6.42 Å². The van der Waals surface area contributed by atoms with E-state index in [0.717, 1.165) is 66.7 Å². The van der Waals surface area contributed by atoms with Crippen molar-refractivity contribution in [2.75, 3.05) is 31.5 Å². The maximum Gasteiger partial charge on any atom is 0.410 e. The number of hydrogen-bond donors (Lipinski definition) is 1. The van der Waals surface area contributed by atoms with Crippen molar-refractivity contribution < 1.29 is 18.7 Å². The third-order valence-corrected chi connectivity index (χ3v) is 7.31. The molecule has 202 valence electrons. The zero-order chi connectivity index (χ0) is 26.7. The first-order chi connectivity index (χ1) is 18.3. The maximum atomic E-state index is 12.9. The number of benzene rings is 2. The lowest BCUT2D eigenvalue weighted by atomic mass is 9.88. The number of oxazole rings is 1. The summed E-state index contributed by atoms with van der Waals surface area (Å²) in [7, 11) is 0. The molecule has 1 saturated heterocycles. The van der Waals surface area contributed by atoms with Crippen LogP contribution in [0.15, 0.2) is 46.9 Å². The van der Waals surface area contributed by atoms with E-state index < -0.39 is 5.60 Å². The molecular weight excluding hydrogens is 480 g/mol. The molecule has 0 radical (unpaired) electrons. The summed E-state index contributed by atoms with van der Waals surface area (Å²) in [6.07, 6.45) is 5.09. The van der Waals surface area contributed by atoms with Crippen LogP contribution in [0.1, 0.15) is 58.4 Å². The van der Waals surface area contributed by atoms with Gasteiger partial charge < -0.3 is 19.4 Å². The Bertz CT molecular complexity index is 1280. The molecule has 2 aliphatic rings. The van der Waals surface area contributed by atoms with Crippen LogP contribution in [0.4, 0.5) is 10.5 Å². The van der Waals surface area contributed by atoms with E-state index >= 15 is 0 Å². The molecule has 1 saturated carbocycles. The molecule has 2 amide bonds. The van der Waals surface area contributed by atoms with Crippen molar-refractivity contribution in [3.05, 3.63) is 48.0 Å². The molecule has 2 aromatic carbocycles. The van der Waals surface area contributed by atoms with Crippen LogP contribution in [0.25, 0.3) is 22.6 Å². The topological polar surface area (TPSA) is 87.9 Å². The number of fused-ring (bicyclic) bond motifs is 1. The molecule has 2 fully saturated rings. The minimum atomic E-state index is -0.494. The Morgan fingerprint density at radius 2 is 1.74 bits per heavy atom. The van der Waals surface area contributed by atoms with E-state index in [4.69, 9.17) is 14.1 Å². The van der Waals surface area contributed by atoms with Crippen molar-refractivity contribution >= 4 is 28.8 Å². The van der Waals surface area contributed by atoms with Crippen molar-refractivity contribution in [1.29, 1.82) is 0 Å². The molecule has 0 bridgehead atoms. The predicted octanol–water partition coefficient (Wildman–Crippen LogP) is 6.07. The van der Waals surface area contributed by atoms with Gasteiger partial charge in [-0.05, 0) is 57.4 Å². The third kappa shape index (κ3) is 6.18. The Hall–Kier alpha value is -3.39. The number of amides is 2. The number of hydrogen-bond acceptors (Lipinski definition) is 6. The average molecular weight is 519 g/mol. The first-order valence-corrected chi connectivity index (χ1v) is 13.8. The fraction of sp³-hybridized carbons (Fsp3) is 0.500. The number of carbonyl (C=O) groups is 2. The quantitative estimate of drug-likeness (QED) is 0.441. The van der Waals surface area contributed by atoms with E-state index in [1.807, 2.05) is 57.2 Å². The highest BCUT2D eigenvalue weighted by molar-refractivity contribution is 5.96. The van der Waals surface area contributed by atoms with Gasteiger partial charge in [0.1, 0.15) is 11.1 Å². The van der Waals surface area contributed by atoms with Gasteiger partial charge in [0.05, 0.1) is 11.3 Å². The van der Waals surface area contributed by atoms with Gasteiger partial charge in [0.25, 0.3) is 0 Å². The lowest BCUT2D eigenvalue weighted by Gasteiger charge is -2.35. The summed E-state index contributed by atoms with van der Waals surface area (Å²) in [5, 5.41) is 3.14. The van der Waals surface area contributed by atoms with Gasteiger partial charge in [-0.3, -0.25) is 9.69 Å². The van der Waals surface area contributed by atoms with Crippen molar-refractivity contribution in [3.63, 3.8) is 0 Å². The van der Waals surface area contributed by atoms with Gasteiger partial charge in [-0.2, -0.15) is 0 Å². The summed E-state index contributed by atoms with van der Waals surface area (Å²) < 4.78 is 11.7. The summed E-state index contributed by atoms with van der Waals surface area (Å²) in [6, 6.07) is 13.7. The van der Waals surface area contributed by atoms with Crippen LogP contribution in [0, 0.1) is 5.92 Å². The highest BCUT2D eigenvalue weighted by Gasteiger charge is 2.27. The molecule has 2 heterocycles. The molecular formula is C30H38N4O4. The molecule has 1 aliphatic carbocycles. The lowest BCUT2D eigenvalue weighted by molar-refractivity contribution is -0.120. The van der Waals surface area contributed by atoms with Crippen LogP contribution >= 0.6 is 0 Å². The van der Waals surface area contributed by atoms with Crippen LogP contribution in [-0.4, -0.2) is 58.6 Å². The highest BCUT2D eigenvalue weighted by Crippen LogP contribution is 2.33. The number of nitrogens with zero attached hydrogens (tertiary/aromatic N) is 3. The lowest BCUT2D eigenvalue weighted by Crippen LogP contribution is -2.49. The van der Waals surface area contributed by atoms with Crippen LogP contribution in [0.3, 0.4) is 0 Å². The van der Waals surface area contributed by atoms with Crippen LogP contribution < -0.4 is 5.32 Å². The molecule has 8 nitrogen and oxygen atoms in total. The number of carbonyl (C=O) groups excluding carboxylic acids is 2. The van der Waals surface area contributed by atoms with Crippen molar-refractivity contribution in [3.8, 4) is 11.5 Å². The summed E-state index contributed by atoms with van der Waals surface area (Å²) >= 11 is 0. The fourth-order valence-electron chi connectivity index (χ4n) is 5.28. The van der Waals surface area contributed by atoms with Crippen LogP contribution in [0.5, 0.6) is 0 Å². The minimum absolute atomic E-state index is 0.0721. The zero-order valence-electron chi connectivity index (χ0n) is 22.7. The van der Waals surface area contributed by atoms with Gasteiger partial charge in [0.15, 0.2) is 5.58 Å². The number of nitrogens with one attached hydrogen (secondary N) is 1. The monoisotopic (exact) mass is 518 g/mol. The Balaban J connectivity index is 1.29. The number of rotatable bonds is 5. The number of piperazine rings is 1. The van der Waals surface area contributed by atoms with E-state index in [1.54, 1.807) is 4.90 Å². The van der Waals surface area contributed by atoms with Gasteiger partial charge >= 0.3 is 6.09 Å². The second-order valence-corrected chi connectivity index (χ2v) is 11.4. The van der Waals surface area contributed by atoms with Crippen molar-refractivity contribution in [2.24, 2.45) is 5.92 Å². The summed E-state index contributed by atoms with van der Waals surface area (Å²) in [5.41, 5.74) is 3.64. The van der Waals surface area contributed by atoms with Gasteiger partial charge in [-0.25, -0.2) is 9.78 Å². The second kappa shape index (κ2) is 11.2. The van der Waals surface area contributed by atoms with Crippen molar-refractivity contribution in [1.82, 2.24) is 14.8 Å². The predicted molar refractivity (Wildman–Crippen MR) is 148 cm³/mol. The Labute approximate surface area is 224 Å². The van der Waals surface area contributed by atoms with Gasteiger partial charge in [0.2, 0.25) is 11.8 Å². The van der Waals surface area contributed by atoms with E-state index in [9.17, 15) is 9.59 Å². The molecule has 1 N–H and O–H groups in total. The number of aromatic nitrogens is 1. The van der Waals surface area contributed by atoms with E-state index in [-0.39, 0.29) is 17.9 Å². The number of ether oxygens (including phenoxy) is 1. The SMILES string of the molecule is CC(C)(C)OC(=O)N1CCN(Cc2cccc3oc(-c4ccccc4NC(=O)C4CCCCC4)nc23)CC1. The largest absolute Gasteiger partial charge is 0.444 e. The average Bonchev–Trinajstić information content (AvgIpc) is 3.34. The Morgan fingerprint density at radius 1 is 1.00 bits per heavy atom. The normalized spacial score (nSPS) is 17.5. The van der Waals surface area contributed by atoms with E-state index in [0.29, 0.717) is 25.5 Å². The van der Waals surface area contributed by atoms with Gasteiger partial charge in [0, 0.05) is 38.6 Å². The Morgan fingerprint density at radius 3 is 2.47 bits per heavy atom. The highest BCUT2D eigenvalue weighted by atomic mass is 16.6. The fourth-order valence-corrected chi connectivity index (χ4v) is 5.28. The molecule has 1 aromatic heterocycles. The molecule has 0 spiro atoms. The molecule has 38 heavy (non-hydrogen) atoms. The third-order valence-electron chi connectivity index (χ3n) is 7.31. The smallest absolute Gasteiger partial charge is 0.410 e. The molecule has 1 aliphatic heterocycles. The van der Waals surface area contributed by atoms with Crippen molar-refractivity contribution in [2.45, 2.75) is 65.0 Å². The zero-order valence-corrected chi connectivity index (χ0v) is 22.7. The van der Waals surface area contributed by atoms with Crippen LogP contribution in [-0.2, 0) is 16.1 Å². The maximum absolute atomic E-state index is 12.9. The molecule has 0 atom stereocenters. The second-order valence-electron chi connectivity index (χ2n) is 11.4. The first-order valence-electron chi connectivity index (χ1n) is 13.8. The molecule has 0 unspecified atom stereocenters. The van der Waals surface area contributed by atoms with Crippen LogP contribution in [0.2, 0.25) is 0 Å². The minimum Gasteiger partial charge on any atom is -0.444 e. The molecule has 5 rings (SSSR count). The van der Waals surface area contributed by atoms with Gasteiger partial charge in [-0.1, -0.05) is 43.5 Å². The first kappa shape index (κ1) is 26.2. The number of para-hydroxylation sites is 2. The summed E-state index contributed by atoms with van der Waals surface area (Å²) in [6.45, 7) is 9.15. The van der Waals surface area contributed by atoms with E-state index in [2.05, 4.69) is 16.3 Å². The number of anilines is 1. The Kier molecular flexibility index (Phi) is 7.70. The molecule has 8 heteroatoms. The van der Waals surface area contributed by atoms with Gasteiger partial charge in [-0.15, -0.1) is 0 Å². The standard InChI is InChI=1S/C30H38N4O4/c1-30(2,3)38-29(36)34-18-16-33(17-19-34)20-22-12-9-15-25-26(22)32-28(37-25)23-13-7-8-14-24(23)31-27(35)21-10-5-4-6-11-21/h7-9,12-15,21H,4-6,10-11,16-20H2,1-3H3,(H,31,35). The summed E-state index contributed by atoms with van der Waals surface area (Å²) in [5.74, 6) is 0.657. The molecule has 3 aromatic rings.